The Kier molecular flexibility index (Phi) is 6.76. The first-order valence-corrected chi connectivity index (χ1v) is 11.4. The molecule has 0 saturated carbocycles. The fourth-order valence-corrected chi connectivity index (χ4v) is 4.19. The van der Waals surface area contributed by atoms with Gasteiger partial charge in [0.2, 0.25) is 0 Å². The third kappa shape index (κ3) is 4.77. The first kappa shape index (κ1) is 23.3. The number of para-hydroxylation sites is 1. The number of benzene rings is 3. The van der Waals surface area contributed by atoms with Crippen molar-refractivity contribution in [1.29, 1.82) is 0 Å². The summed E-state index contributed by atoms with van der Waals surface area (Å²) in [6.07, 6.45) is 0. The number of nitrogens with one attached hydrogen (secondary N) is 2. The summed E-state index contributed by atoms with van der Waals surface area (Å²) in [6.45, 7) is 0. The SMILES string of the molecule is O=C(Nc1ccccc1Br)c1ccc(NC2=C(Cl)C(=O)N(c3ccc(Cl)cc3Cl)C2=O)cc1. The second kappa shape index (κ2) is 9.57. The minimum absolute atomic E-state index is 0.0990. The first-order valence-electron chi connectivity index (χ1n) is 9.43. The lowest BCUT2D eigenvalue weighted by atomic mass is 10.2. The zero-order chi connectivity index (χ0) is 23.7. The lowest BCUT2D eigenvalue weighted by Gasteiger charge is -2.16. The van der Waals surface area contributed by atoms with Gasteiger partial charge in [-0.1, -0.05) is 46.9 Å². The second-order valence-electron chi connectivity index (χ2n) is 6.87. The number of anilines is 3. The van der Waals surface area contributed by atoms with Crippen molar-refractivity contribution in [2.45, 2.75) is 0 Å². The summed E-state index contributed by atoms with van der Waals surface area (Å²) in [5.74, 6) is -1.68. The number of nitrogens with zero attached hydrogens (tertiary/aromatic N) is 1. The van der Waals surface area contributed by atoms with Crippen molar-refractivity contribution in [3.05, 3.63) is 97.5 Å². The van der Waals surface area contributed by atoms with Crippen LogP contribution in [0.1, 0.15) is 10.4 Å². The van der Waals surface area contributed by atoms with E-state index in [1.165, 1.54) is 18.2 Å². The third-order valence-electron chi connectivity index (χ3n) is 4.72. The average molecular weight is 566 g/mol. The molecule has 4 rings (SSSR count). The second-order valence-corrected chi connectivity index (χ2v) is 8.94. The molecule has 3 aromatic carbocycles. The van der Waals surface area contributed by atoms with E-state index in [9.17, 15) is 14.4 Å². The average Bonchev–Trinajstić information content (AvgIpc) is 2.99. The van der Waals surface area contributed by atoms with Crippen LogP contribution in [0.3, 0.4) is 0 Å². The van der Waals surface area contributed by atoms with E-state index in [0.717, 1.165) is 9.37 Å². The smallest absolute Gasteiger partial charge is 0.283 e. The Labute approximate surface area is 212 Å². The van der Waals surface area contributed by atoms with Gasteiger partial charge in [-0.05, 0) is 70.5 Å². The van der Waals surface area contributed by atoms with Gasteiger partial charge in [0.1, 0.15) is 10.7 Å². The van der Waals surface area contributed by atoms with Crippen LogP contribution in [0, 0.1) is 0 Å². The van der Waals surface area contributed by atoms with Gasteiger partial charge in [-0.25, -0.2) is 4.90 Å². The molecule has 0 aromatic heterocycles. The van der Waals surface area contributed by atoms with Crippen LogP contribution >= 0.6 is 50.7 Å². The topological polar surface area (TPSA) is 78.5 Å². The molecule has 0 spiro atoms. The van der Waals surface area contributed by atoms with E-state index < -0.39 is 11.8 Å². The number of carbonyl (C=O) groups is 3. The van der Waals surface area contributed by atoms with E-state index >= 15 is 0 Å². The van der Waals surface area contributed by atoms with E-state index in [2.05, 4.69) is 26.6 Å². The quantitative estimate of drug-likeness (QED) is 0.349. The number of rotatable bonds is 5. The molecule has 33 heavy (non-hydrogen) atoms. The summed E-state index contributed by atoms with van der Waals surface area (Å²) in [5, 5.41) is 5.89. The van der Waals surface area contributed by atoms with Gasteiger partial charge < -0.3 is 10.6 Å². The van der Waals surface area contributed by atoms with Crippen LogP contribution in [-0.4, -0.2) is 17.7 Å². The summed E-state index contributed by atoms with van der Waals surface area (Å²) < 4.78 is 0.757. The fourth-order valence-electron chi connectivity index (χ4n) is 3.10. The Morgan fingerprint density at radius 3 is 2.24 bits per heavy atom. The molecule has 166 valence electrons. The van der Waals surface area contributed by atoms with Gasteiger partial charge in [-0.15, -0.1) is 0 Å². The highest BCUT2D eigenvalue weighted by atomic mass is 79.9. The highest BCUT2D eigenvalue weighted by Crippen LogP contribution is 2.35. The van der Waals surface area contributed by atoms with Crippen LogP contribution in [0.25, 0.3) is 0 Å². The van der Waals surface area contributed by atoms with E-state index in [1.807, 2.05) is 18.2 Å². The predicted molar refractivity (Wildman–Crippen MR) is 134 cm³/mol. The summed E-state index contributed by atoms with van der Waals surface area (Å²) >= 11 is 21.6. The molecule has 0 aliphatic carbocycles. The van der Waals surface area contributed by atoms with E-state index in [-0.39, 0.29) is 27.3 Å². The van der Waals surface area contributed by atoms with Crippen LogP contribution in [0.4, 0.5) is 17.1 Å². The van der Waals surface area contributed by atoms with Crippen LogP contribution in [-0.2, 0) is 9.59 Å². The molecule has 2 N–H and O–H groups in total. The maximum Gasteiger partial charge on any atom is 0.283 e. The van der Waals surface area contributed by atoms with Crippen molar-refractivity contribution in [3.8, 4) is 0 Å². The molecular formula is C23H13BrCl3N3O3. The van der Waals surface area contributed by atoms with Crippen molar-refractivity contribution in [2.24, 2.45) is 0 Å². The van der Waals surface area contributed by atoms with Crippen LogP contribution < -0.4 is 15.5 Å². The molecule has 1 aliphatic heterocycles. The molecule has 10 heteroatoms. The molecule has 0 fully saturated rings. The molecule has 0 bridgehead atoms. The van der Waals surface area contributed by atoms with E-state index in [4.69, 9.17) is 34.8 Å². The summed E-state index contributed by atoms with van der Waals surface area (Å²) in [6, 6.07) is 18.0. The summed E-state index contributed by atoms with van der Waals surface area (Å²) in [5.41, 5.74) is 1.58. The lowest BCUT2D eigenvalue weighted by Crippen LogP contribution is -2.32. The molecule has 1 heterocycles. The Morgan fingerprint density at radius 2 is 1.58 bits per heavy atom. The molecule has 0 saturated heterocycles. The Hall–Kier alpha value is -2.84. The predicted octanol–water partition coefficient (Wildman–Crippen LogP) is 6.44. The maximum absolute atomic E-state index is 12.9. The Bertz CT molecular complexity index is 1330. The summed E-state index contributed by atoms with van der Waals surface area (Å²) in [7, 11) is 0. The molecule has 1 aliphatic rings. The van der Waals surface area contributed by atoms with E-state index in [1.54, 1.807) is 30.3 Å². The van der Waals surface area contributed by atoms with Crippen molar-refractivity contribution in [1.82, 2.24) is 0 Å². The molecule has 3 aromatic rings. The van der Waals surface area contributed by atoms with Crippen LogP contribution in [0.5, 0.6) is 0 Å². The van der Waals surface area contributed by atoms with E-state index in [0.29, 0.717) is 22.0 Å². The van der Waals surface area contributed by atoms with Crippen LogP contribution in [0.15, 0.2) is 81.9 Å². The number of hydrogen-bond acceptors (Lipinski definition) is 4. The molecular weight excluding hydrogens is 553 g/mol. The van der Waals surface area contributed by atoms with Gasteiger partial charge in [-0.2, -0.15) is 0 Å². The van der Waals surface area contributed by atoms with Crippen molar-refractivity contribution < 1.29 is 14.4 Å². The first-order chi connectivity index (χ1) is 15.8. The van der Waals surface area contributed by atoms with Gasteiger partial charge in [0, 0.05) is 20.7 Å². The maximum atomic E-state index is 12.9. The minimum Gasteiger partial charge on any atom is -0.350 e. The largest absolute Gasteiger partial charge is 0.350 e. The van der Waals surface area contributed by atoms with Gasteiger partial charge in [-0.3, -0.25) is 14.4 Å². The Balaban J connectivity index is 1.50. The van der Waals surface area contributed by atoms with Crippen molar-refractivity contribution in [3.63, 3.8) is 0 Å². The van der Waals surface area contributed by atoms with Crippen molar-refractivity contribution in [2.75, 3.05) is 15.5 Å². The normalized spacial score (nSPS) is 13.5. The zero-order valence-corrected chi connectivity index (χ0v) is 20.4. The fraction of sp³-hybridized carbons (Fsp3) is 0. The molecule has 3 amide bonds. The monoisotopic (exact) mass is 563 g/mol. The number of hydrogen-bond donors (Lipinski definition) is 2. The highest BCUT2D eigenvalue weighted by Gasteiger charge is 2.39. The lowest BCUT2D eigenvalue weighted by molar-refractivity contribution is -0.120. The molecule has 6 nitrogen and oxygen atoms in total. The highest BCUT2D eigenvalue weighted by molar-refractivity contribution is 9.10. The van der Waals surface area contributed by atoms with Crippen molar-refractivity contribution >= 4 is 85.5 Å². The molecule has 0 radical (unpaired) electrons. The number of halogens is 4. The zero-order valence-electron chi connectivity index (χ0n) is 16.5. The number of amides is 3. The molecule has 0 unspecified atom stereocenters. The number of carbonyl (C=O) groups excluding carboxylic acids is 3. The third-order valence-corrected chi connectivity index (χ3v) is 6.30. The minimum atomic E-state index is -0.710. The summed E-state index contributed by atoms with van der Waals surface area (Å²) in [4.78, 5) is 38.9. The number of imide groups is 1. The van der Waals surface area contributed by atoms with Crippen LogP contribution in [0.2, 0.25) is 10.0 Å². The van der Waals surface area contributed by atoms with Gasteiger partial charge >= 0.3 is 0 Å². The Morgan fingerprint density at radius 1 is 0.879 bits per heavy atom. The molecule has 0 atom stereocenters. The van der Waals surface area contributed by atoms with Gasteiger partial charge in [0.15, 0.2) is 0 Å². The standard InChI is InChI=1S/C23H13BrCl3N3O3/c24-15-3-1-2-4-17(15)29-21(31)12-5-8-14(9-6-12)28-20-19(27)22(32)30(23(20)33)18-10-7-13(25)11-16(18)26/h1-11,28H,(H,29,31). The van der Waals surface area contributed by atoms with Gasteiger partial charge in [0.05, 0.1) is 16.4 Å². The van der Waals surface area contributed by atoms with Gasteiger partial charge in [0.25, 0.3) is 17.7 Å².